The summed E-state index contributed by atoms with van der Waals surface area (Å²) in [5, 5.41) is 3.68. The van der Waals surface area contributed by atoms with Gasteiger partial charge < -0.3 is 14.8 Å². The van der Waals surface area contributed by atoms with Gasteiger partial charge in [-0.15, -0.1) is 0 Å². The maximum Gasteiger partial charge on any atom is 0.256 e. The number of rotatable bonds is 4. The first kappa shape index (κ1) is 19.8. The van der Waals surface area contributed by atoms with Crippen LogP contribution < -0.4 is 14.8 Å². The Balaban J connectivity index is 1.53. The van der Waals surface area contributed by atoms with Gasteiger partial charge in [-0.3, -0.25) is 9.59 Å². The summed E-state index contributed by atoms with van der Waals surface area (Å²) in [7, 11) is 0. The lowest BCUT2D eigenvalue weighted by atomic mass is 10.0. The lowest BCUT2D eigenvalue weighted by Gasteiger charge is -2.19. The zero-order valence-electron chi connectivity index (χ0n) is 17.4. The van der Waals surface area contributed by atoms with Crippen molar-refractivity contribution in [2.24, 2.45) is 0 Å². The summed E-state index contributed by atoms with van der Waals surface area (Å²) < 4.78 is 11.3. The number of hydrogen-bond acceptors (Lipinski definition) is 5. The number of benzene rings is 3. The van der Waals surface area contributed by atoms with Crippen LogP contribution in [0.2, 0.25) is 0 Å². The van der Waals surface area contributed by atoms with Crippen LogP contribution >= 0.6 is 0 Å². The summed E-state index contributed by atoms with van der Waals surface area (Å²) in [5.41, 5.74) is 3.94. The van der Waals surface area contributed by atoms with Crippen LogP contribution in [-0.2, 0) is 0 Å². The highest BCUT2D eigenvalue weighted by atomic mass is 16.6. The van der Waals surface area contributed by atoms with E-state index in [1.165, 1.54) is 6.92 Å². The number of nitrogens with one attached hydrogen (secondary N) is 1. The highest BCUT2D eigenvalue weighted by Crippen LogP contribution is 2.35. The molecule has 1 amide bonds. The number of Topliss-reactive ketones (excluding diaryl/α,β-unsaturated/α-hetero) is 1. The Labute approximate surface area is 184 Å². The Morgan fingerprint density at radius 1 is 0.875 bits per heavy atom. The number of carbonyl (C=O) groups excluding carboxylic acids is 2. The molecule has 0 atom stereocenters. The van der Waals surface area contributed by atoms with E-state index in [1.54, 1.807) is 30.3 Å². The van der Waals surface area contributed by atoms with Crippen molar-refractivity contribution in [2.75, 3.05) is 18.5 Å². The summed E-state index contributed by atoms with van der Waals surface area (Å²) in [6.07, 6.45) is 0. The maximum absolute atomic E-state index is 13.2. The van der Waals surface area contributed by atoms with E-state index in [0.29, 0.717) is 47.2 Å². The van der Waals surface area contributed by atoms with E-state index in [0.717, 1.165) is 16.5 Å². The predicted molar refractivity (Wildman–Crippen MR) is 123 cm³/mol. The minimum Gasteiger partial charge on any atom is -0.486 e. The van der Waals surface area contributed by atoms with Crippen LogP contribution in [-0.4, -0.2) is 29.9 Å². The Morgan fingerprint density at radius 2 is 1.62 bits per heavy atom. The van der Waals surface area contributed by atoms with Gasteiger partial charge in [0.25, 0.3) is 5.91 Å². The maximum atomic E-state index is 13.2. The molecule has 0 bridgehead atoms. The summed E-state index contributed by atoms with van der Waals surface area (Å²) in [6.45, 7) is 2.53. The van der Waals surface area contributed by atoms with Gasteiger partial charge in [-0.05, 0) is 61.5 Å². The minimum atomic E-state index is -0.252. The molecule has 3 aromatic carbocycles. The molecule has 0 unspecified atom stereocenters. The van der Waals surface area contributed by atoms with Crippen LogP contribution in [0.25, 0.3) is 22.2 Å². The number of aromatic nitrogens is 1. The van der Waals surface area contributed by atoms with Crippen LogP contribution in [0, 0.1) is 0 Å². The van der Waals surface area contributed by atoms with Crippen LogP contribution in [0.15, 0.2) is 72.8 Å². The van der Waals surface area contributed by atoms with Crippen LogP contribution in [0.1, 0.15) is 27.6 Å². The number of para-hydroxylation sites is 1. The largest absolute Gasteiger partial charge is 0.486 e. The van der Waals surface area contributed by atoms with E-state index in [1.807, 2.05) is 42.5 Å². The van der Waals surface area contributed by atoms with Crippen LogP contribution in [0.3, 0.4) is 0 Å². The van der Waals surface area contributed by atoms with Crippen molar-refractivity contribution in [1.29, 1.82) is 0 Å². The predicted octanol–water partition coefficient (Wildman–Crippen LogP) is 5.13. The number of pyridine rings is 1. The van der Waals surface area contributed by atoms with E-state index >= 15 is 0 Å². The molecule has 6 nitrogen and oxygen atoms in total. The molecular weight excluding hydrogens is 404 g/mol. The van der Waals surface area contributed by atoms with E-state index in [9.17, 15) is 9.59 Å². The molecule has 32 heavy (non-hydrogen) atoms. The van der Waals surface area contributed by atoms with Gasteiger partial charge in [-0.25, -0.2) is 4.98 Å². The average Bonchev–Trinajstić information content (AvgIpc) is 2.83. The van der Waals surface area contributed by atoms with Crippen molar-refractivity contribution in [1.82, 2.24) is 4.98 Å². The van der Waals surface area contributed by atoms with Crippen LogP contribution in [0.4, 0.5) is 5.69 Å². The zero-order chi connectivity index (χ0) is 22.1. The van der Waals surface area contributed by atoms with Crippen molar-refractivity contribution < 1.29 is 19.1 Å². The Hall–Kier alpha value is -4.19. The van der Waals surface area contributed by atoms with Crippen molar-refractivity contribution in [3.8, 4) is 22.8 Å². The van der Waals surface area contributed by atoms with Crippen molar-refractivity contribution in [2.45, 2.75) is 6.92 Å². The highest BCUT2D eigenvalue weighted by molar-refractivity contribution is 6.13. The standard InChI is InChI=1S/C26H20N2O4/c1-16(29)17-6-9-19(10-7-17)27-26(30)21-15-23(28-22-5-3-2-4-20(21)22)18-8-11-24-25(14-18)32-13-12-31-24/h2-11,14-15H,12-13H2,1H3,(H,27,30). The van der Waals surface area contributed by atoms with Gasteiger partial charge in [-0.2, -0.15) is 0 Å². The number of hydrogen-bond donors (Lipinski definition) is 1. The number of nitrogens with zero attached hydrogens (tertiary/aromatic N) is 1. The van der Waals surface area contributed by atoms with Gasteiger partial charge in [0.05, 0.1) is 16.8 Å². The van der Waals surface area contributed by atoms with Gasteiger partial charge in [0, 0.05) is 22.2 Å². The molecule has 0 aliphatic carbocycles. The molecule has 0 saturated carbocycles. The molecule has 1 aliphatic heterocycles. The molecule has 0 spiro atoms. The molecule has 5 rings (SSSR count). The number of amides is 1. The third kappa shape index (κ3) is 3.78. The second-order valence-corrected chi connectivity index (χ2v) is 7.52. The van der Waals surface area contributed by atoms with Crippen molar-refractivity contribution in [3.63, 3.8) is 0 Å². The molecule has 158 valence electrons. The second-order valence-electron chi connectivity index (χ2n) is 7.52. The molecule has 0 radical (unpaired) electrons. The molecule has 4 aromatic rings. The monoisotopic (exact) mass is 424 g/mol. The molecular formula is C26H20N2O4. The molecule has 2 heterocycles. The Morgan fingerprint density at radius 3 is 2.41 bits per heavy atom. The van der Waals surface area contributed by atoms with E-state index in [2.05, 4.69) is 5.32 Å². The lowest BCUT2D eigenvalue weighted by Crippen LogP contribution is -2.15. The fourth-order valence-electron chi connectivity index (χ4n) is 3.70. The molecule has 1 N–H and O–H groups in total. The van der Waals surface area contributed by atoms with E-state index < -0.39 is 0 Å². The van der Waals surface area contributed by atoms with Gasteiger partial charge in [0.15, 0.2) is 17.3 Å². The smallest absolute Gasteiger partial charge is 0.256 e. The number of ether oxygens (including phenoxy) is 2. The third-order valence-corrected chi connectivity index (χ3v) is 5.35. The SMILES string of the molecule is CC(=O)c1ccc(NC(=O)c2cc(-c3ccc4c(c3)OCCO4)nc3ccccc23)cc1. The quantitative estimate of drug-likeness (QED) is 0.460. The zero-order valence-corrected chi connectivity index (χ0v) is 17.4. The summed E-state index contributed by atoms with van der Waals surface area (Å²) in [4.78, 5) is 29.5. The molecule has 0 fully saturated rings. The fraction of sp³-hybridized carbons (Fsp3) is 0.115. The second kappa shape index (κ2) is 8.15. The average molecular weight is 424 g/mol. The minimum absolute atomic E-state index is 0.0212. The topological polar surface area (TPSA) is 77.5 Å². The number of carbonyl (C=O) groups is 2. The third-order valence-electron chi connectivity index (χ3n) is 5.35. The molecule has 1 aliphatic rings. The summed E-state index contributed by atoms with van der Waals surface area (Å²) >= 11 is 0. The normalized spacial score (nSPS) is 12.4. The first-order valence-corrected chi connectivity index (χ1v) is 10.3. The number of ketones is 1. The number of fused-ring (bicyclic) bond motifs is 2. The van der Waals surface area contributed by atoms with E-state index in [4.69, 9.17) is 14.5 Å². The Kier molecular flexibility index (Phi) is 5.03. The van der Waals surface area contributed by atoms with Gasteiger partial charge in [0.2, 0.25) is 0 Å². The first-order chi connectivity index (χ1) is 15.6. The molecule has 0 saturated heterocycles. The fourth-order valence-corrected chi connectivity index (χ4v) is 3.70. The van der Waals surface area contributed by atoms with Gasteiger partial charge >= 0.3 is 0 Å². The van der Waals surface area contributed by atoms with Gasteiger partial charge in [-0.1, -0.05) is 18.2 Å². The lowest BCUT2D eigenvalue weighted by molar-refractivity contribution is 0.101. The summed E-state index contributed by atoms with van der Waals surface area (Å²) in [6, 6.07) is 21.8. The molecule has 6 heteroatoms. The van der Waals surface area contributed by atoms with Gasteiger partial charge in [0.1, 0.15) is 13.2 Å². The Bertz CT molecular complexity index is 1350. The summed E-state index contributed by atoms with van der Waals surface area (Å²) in [5.74, 6) is 1.10. The van der Waals surface area contributed by atoms with Crippen LogP contribution in [0.5, 0.6) is 11.5 Å². The van der Waals surface area contributed by atoms with E-state index in [-0.39, 0.29) is 11.7 Å². The van der Waals surface area contributed by atoms with Crippen molar-refractivity contribution in [3.05, 3.63) is 83.9 Å². The molecule has 1 aromatic heterocycles. The van der Waals surface area contributed by atoms with Crippen molar-refractivity contribution >= 4 is 28.3 Å². The first-order valence-electron chi connectivity index (χ1n) is 10.3. The number of anilines is 1. The highest BCUT2D eigenvalue weighted by Gasteiger charge is 2.17.